The topological polar surface area (TPSA) is 32.3 Å². The molecular weight excluding hydrogens is 253 g/mol. The third kappa shape index (κ3) is 3.56. The molecule has 0 saturated carbocycles. The Balaban J connectivity index is 2.34. The van der Waals surface area contributed by atoms with Crippen LogP contribution in [0.25, 0.3) is 0 Å². The molecule has 0 radical (unpaired) electrons. The molecule has 0 amide bonds. The average molecular weight is 273 g/mol. The zero-order valence-corrected chi connectivity index (χ0v) is 12.6. The number of aryl methyl sites for hydroxylation is 2. The minimum atomic E-state index is 0.389. The summed E-state index contributed by atoms with van der Waals surface area (Å²) in [6.45, 7) is 5.02. The summed E-state index contributed by atoms with van der Waals surface area (Å²) in [6.07, 6.45) is 0. The van der Waals surface area contributed by atoms with Gasteiger partial charge in [0.1, 0.15) is 5.75 Å². The molecule has 0 fully saturated rings. The maximum Gasteiger partial charge on any atom is 0.123 e. The highest BCUT2D eigenvalue weighted by Crippen LogP contribution is 2.21. The van der Waals surface area contributed by atoms with Gasteiger partial charge >= 0.3 is 0 Å². The van der Waals surface area contributed by atoms with Crippen LogP contribution in [0.15, 0.2) is 36.4 Å². The number of phenols is 1. The van der Waals surface area contributed by atoms with Gasteiger partial charge in [-0.1, -0.05) is 44.0 Å². The zero-order valence-electron chi connectivity index (χ0n) is 11.6. The van der Waals surface area contributed by atoms with Gasteiger partial charge < -0.3 is 10.4 Å². The van der Waals surface area contributed by atoms with Crippen molar-refractivity contribution in [1.29, 1.82) is 0 Å². The van der Waals surface area contributed by atoms with Crippen molar-refractivity contribution in [2.24, 2.45) is 0 Å². The van der Waals surface area contributed by atoms with Crippen LogP contribution in [0.1, 0.15) is 16.7 Å². The van der Waals surface area contributed by atoms with Crippen LogP contribution in [-0.4, -0.2) is 12.2 Å². The normalized spacial score (nSPS) is 11.3. The molecule has 0 aliphatic rings. The Morgan fingerprint density at radius 3 is 2.42 bits per heavy atom. The molecule has 1 unspecified atom stereocenters. The second kappa shape index (κ2) is 6.18. The van der Waals surface area contributed by atoms with E-state index in [1.54, 1.807) is 6.07 Å². The Hall–Kier alpha value is -1.37. The molecule has 3 heteroatoms. The zero-order chi connectivity index (χ0) is 13.8. The average Bonchev–Trinajstić information content (AvgIpc) is 2.37. The summed E-state index contributed by atoms with van der Waals surface area (Å²) in [5.41, 5.74) is 3.76. The van der Waals surface area contributed by atoms with Crippen LogP contribution in [0.2, 0.25) is 0 Å². The molecule has 2 aromatic rings. The highest BCUT2D eigenvalue weighted by atomic mass is 31.1. The van der Waals surface area contributed by atoms with Gasteiger partial charge in [-0.15, -0.1) is 0 Å². The molecule has 0 bridgehead atoms. The van der Waals surface area contributed by atoms with E-state index < -0.39 is 0 Å². The minimum Gasteiger partial charge on any atom is -0.507 e. The molecule has 2 N–H and O–H groups in total. The number of aromatic hydroxyl groups is 1. The SMILES string of the molecule is CNCc1cc(C)ccc1Pc1cc(C)ccc1O. The van der Waals surface area contributed by atoms with Crippen LogP contribution < -0.4 is 15.9 Å². The van der Waals surface area contributed by atoms with Gasteiger partial charge in [0.2, 0.25) is 0 Å². The predicted octanol–water partition coefficient (Wildman–Crippen LogP) is 2.36. The number of hydrogen-bond acceptors (Lipinski definition) is 2. The van der Waals surface area contributed by atoms with Crippen molar-refractivity contribution < 1.29 is 5.11 Å². The highest BCUT2D eigenvalue weighted by molar-refractivity contribution is 7.55. The quantitative estimate of drug-likeness (QED) is 0.838. The summed E-state index contributed by atoms with van der Waals surface area (Å²) in [4.78, 5) is 0. The molecule has 0 aromatic heterocycles. The van der Waals surface area contributed by atoms with E-state index in [2.05, 4.69) is 43.4 Å². The van der Waals surface area contributed by atoms with E-state index in [9.17, 15) is 5.11 Å². The fourth-order valence-corrected chi connectivity index (χ4v) is 3.37. The highest BCUT2D eigenvalue weighted by Gasteiger charge is 2.07. The van der Waals surface area contributed by atoms with Crippen molar-refractivity contribution in [3.05, 3.63) is 53.1 Å². The number of rotatable bonds is 4. The lowest BCUT2D eigenvalue weighted by atomic mass is 10.1. The van der Waals surface area contributed by atoms with Crippen molar-refractivity contribution >= 4 is 19.2 Å². The number of hydrogen-bond donors (Lipinski definition) is 2. The summed E-state index contributed by atoms with van der Waals surface area (Å²) < 4.78 is 0. The first kappa shape index (κ1) is 14.0. The molecule has 2 rings (SSSR count). The van der Waals surface area contributed by atoms with E-state index in [1.807, 2.05) is 13.1 Å². The summed E-state index contributed by atoms with van der Waals surface area (Å²) >= 11 is 0. The Bertz CT molecular complexity index is 581. The lowest BCUT2D eigenvalue weighted by Crippen LogP contribution is -2.15. The standard InChI is InChI=1S/C16H20NOP/c1-11-5-7-15(13(8-11)10-17-3)19-16-9-12(2)4-6-14(16)18/h4-9,17-19H,10H2,1-3H3. The molecule has 2 nitrogen and oxygen atoms in total. The number of nitrogens with one attached hydrogen (secondary N) is 1. The summed E-state index contributed by atoms with van der Waals surface area (Å²) in [5.74, 6) is 0.389. The van der Waals surface area contributed by atoms with Crippen LogP contribution in [0.5, 0.6) is 5.75 Å². The Kier molecular flexibility index (Phi) is 4.57. The first-order valence-corrected chi connectivity index (χ1v) is 7.41. The van der Waals surface area contributed by atoms with Crippen molar-refractivity contribution in [3.8, 4) is 5.75 Å². The van der Waals surface area contributed by atoms with E-state index in [1.165, 1.54) is 22.0 Å². The van der Waals surface area contributed by atoms with E-state index in [0.717, 1.165) is 11.8 Å². The Morgan fingerprint density at radius 1 is 1.00 bits per heavy atom. The van der Waals surface area contributed by atoms with Crippen molar-refractivity contribution in [2.75, 3.05) is 7.05 Å². The largest absolute Gasteiger partial charge is 0.507 e. The molecule has 1 atom stereocenters. The van der Waals surface area contributed by atoms with Gasteiger partial charge in [0.05, 0.1) is 0 Å². The predicted molar refractivity (Wildman–Crippen MR) is 84.4 cm³/mol. The van der Waals surface area contributed by atoms with Crippen molar-refractivity contribution in [1.82, 2.24) is 5.32 Å². The molecule has 0 heterocycles. The third-order valence-corrected chi connectivity index (χ3v) is 4.48. The van der Waals surface area contributed by atoms with Gasteiger partial charge in [0, 0.05) is 11.8 Å². The smallest absolute Gasteiger partial charge is 0.123 e. The molecule has 0 spiro atoms. The van der Waals surface area contributed by atoms with Crippen LogP contribution in [0.4, 0.5) is 0 Å². The van der Waals surface area contributed by atoms with Crippen LogP contribution in [-0.2, 0) is 6.54 Å². The summed E-state index contributed by atoms with van der Waals surface area (Å²) in [5, 5.41) is 15.5. The van der Waals surface area contributed by atoms with Gasteiger partial charge in [-0.2, -0.15) is 0 Å². The van der Waals surface area contributed by atoms with E-state index >= 15 is 0 Å². The monoisotopic (exact) mass is 273 g/mol. The van der Waals surface area contributed by atoms with E-state index in [4.69, 9.17) is 0 Å². The second-order valence-electron chi connectivity index (χ2n) is 4.84. The summed E-state index contributed by atoms with van der Waals surface area (Å²) in [7, 11) is 2.44. The third-order valence-electron chi connectivity index (χ3n) is 3.05. The van der Waals surface area contributed by atoms with E-state index in [0.29, 0.717) is 14.3 Å². The van der Waals surface area contributed by atoms with Gasteiger partial charge in [-0.05, 0) is 43.9 Å². The van der Waals surface area contributed by atoms with E-state index in [-0.39, 0.29) is 0 Å². The minimum absolute atomic E-state index is 0.389. The van der Waals surface area contributed by atoms with Crippen LogP contribution in [0, 0.1) is 13.8 Å². The first-order chi connectivity index (χ1) is 9.10. The Morgan fingerprint density at radius 2 is 1.68 bits per heavy atom. The van der Waals surface area contributed by atoms with Gasteiger partial charge in [0.15, 0.2) is 0 Å². The fraction of sp³-hybridized carbons (Fsp3) is 0.250. The first-order valence-electron chi connectivity index (χ1n) is 6.41. The number of benzene rings is 2. The van der Waals surface area contributed by atoms with Gasteiger partial charge in [0.25, 0.3) is 0 Å². The maximum atomic E-state index is 9.96. The van der Waals surface area contributed by atoms with Crippen molar-refractivity contribution in [2.45, 2.75) is 20.4 Å². The molecule has 19 heavy (non-hydrogen) atoms. The fourth-order valence-electron chi connectivity index (χ4n) is 2.08. The maximum absolute atomic E-state index is 9.96. The van der Waals surface area contributed by atoms with Crippen LogP contribution >= 0.6 is 8.58 Å². The molecule has 0 aliphatic carbocycles. The van der Waals surface area contributed by atoms with Gasteiger partial charge in [-0.25, -0.2) is 0 Å². The Labute approximate surface area is 116 Å². The second-order valence-corrected chi connectivity index (χ2v) is 6.16. The van der Waals surface area contributed by atoms with Gasteiger partial charge in [-0.3, -0.25) is 0 Å². The molecule has 100 valence electrons. The summed E-state index contributed by atoms with van der Waals surface area (Å²) in [6, 6.07) is 12.3. The number of phenolic OH excluding ortho intramolecular Hbond substituents is 1. The van der Waals surface area contributed by atoms with Crippen LogP contribution in [0.3, 0.4) is 0 Å². The molecule has 0 aliphatic heterocycles. The lowest BCUT2D eigenvalue weighted by Gasteiger charge is -2.12. The molecule has 2 aromatic carbocycles. The molecular formula is C16H20NOP. The molecule has 0 saturated heterocycles. The lowest BCUT2D eigenvalue weighted by molar-refractivity contribution is 0.479. The van der Waals surface area contributed by atoms with Crippen molar-refractivity contribution in [3.63, 3.8) is 0 Å².